The minimum atomic E-state index is -3.79. The van der Waals surface area contributed by atoms with Crippen LogP contribution in [0.2, 0.25) is 0 Å². The third kappa shape index (κ3) is 8.23. The lowest BCUT2D eigenvalue weighted by Gasteiger charge is -2.34. The van der Waals surface area contributed by atoms with Gasteiger partial charge in [0.1, 0.15) is 18.3 Å². The van der Waals surface area contributed by atoms with Crippen LogP contribution in [0.5, 0.6) is 5.75 Å². The lowest BCUT2D eigenvalue weighted by molar-refractivity contribution is -0.141. The molecule has 36 heavy (non-hydrogen) atoms. The first-order valence-corrected chi connectivity index (χ1v) is 14.3. The zero-order valence-corrected chi connectivity index (χ0v) is 24.4. The first-order chi connectivity index (χ1) is 16.7. The molecule has 0 unspecified atom stereocenters. The lowest BCUT2D eigenvalue weighted by Crippen LogP contribution is -2.55. The van der Waals surface area contributed by atoms with Gasteiger partial charge >= 0.3 is 0 Å². The van der Waals surface area contributed by atoms with Crippen LogP contribution in [0.4, 0.5) is 5.69 Å². The molecule has 2 aromatic carbocycles. The van der Waals surface area contributed by atoms with Crippen LogP contribution in [-0.4, -0.2) is 56.6 Å². The summed E-state index contributed by atoms with van der Waals surface area (Å²) in [6.45, 7) is 8.98. The van der Waals surface area contributed by atoms with E-state index in [-0.39, 0.29) is 12.5 Å². The number of nitrogens with zero attached hydrogens (tertiary/aromatic N) is 2. The number of hydrogen-bond acceptors (Lipinski definition) is 5. The molecule has 10 heteroatoms. The number of amides is 2. The molecule has 0 heterocycles. The normalized spacial score (nSPS) is 12.6. The summed E-state index contributed by atoms with van der Waals surface area (Å²) in [5, 5.41) is 2.95. The topological polar surface area (TPSA) is 96.0 Å². The van der Waals surface area contributed by atoms with Crippen LogP contribution < -0.4 is 14.4 Å². The first kappa shape index (κ1) is 29.6. The number of halogens is 1. The zero-order chi connectivity index (χ0) is 27.3. The highest BCUT2D eigenvalue weighted by Gasteiger charge is 2.33. The van der Waals surface area contributed by atoms with Crippen LogP contribution in [0.1, 0.15) is 45.2 Å². The largest absolute Gasteiger partial charge is 0.497 e. The van der Waals surface area contributed by atoms with Crippen LogP contribution in [0.15, 0.2) is 46.9 Å². The minimum absolute atomic E-state index is 0.135. The summed E-state index contributed by atoms with van der Waals surface area (Å²) < 4.78 is 32.6. The maximum Gasteiger partial charge on any atom is 0.244 e. The molecule has 0 aliphatic heterocycles. The van der Waals surface area contributed by atoms with E-state index in [2.05, 4.69) is 21.2 Å². The van der Waals surface area contributed by atoms with E-state index in [0.717, 1.165) is 26.2 Å². The van der Waals surface area contributed by atoms with Crippen molar-refractivity contribution in [3.05, 3.63) is 58.1 Å². The van der Waals surface area contributed by atoms with Crippen LogP contribution in [0.3, 0.4) is 0 Å². The van der Waals surface area contributed by atoms with E-state index in [9.17, 15) is 18.0 Å². The lowest BCUT2D eigenvalue weighted by atomic mass is 10.1. The molecule has 0 aliphatic carbocycles. The van der Waals surface area contributed by atoms with Crippen molar-refractivity contribution in [1.29, 1.82) is 0 Å². The molecule has 0 aromatic heterocycles. The molecular weight excluding hydrogens is 546 g/mol. The van der Waals surface area contributed by atoms with Crippen molar-refractivity contribution in [2.75, 3.05) is 24.2 Å². The van der Waals surface area contributed by atoms with E-state index in [4.69, 9.17) is 4.74 Å². The molecule has 198 valence electrons. The Hall–Kier alpha value is -2.59. The number of nitrogens with one attached hydrogen (secondary N) is 1. The van der Waals surface area contributed by atoms with Gasteiger partial charge in [0, 0.05) is 16.6 Å². The second-order valence-corrected chi connectivity index (χ2v) is 12.5. The summed E-state index contributed by atoms with van der Waals surface area (Å²) in [6, 6.07) is 11.5. The molecule has 1 atom stereocenters. The number of aryl methyl sites for hydroxylation is 1. The molecule has 0 spiro atoms. The molecule has 0 saturated carbocycles. The Morgan fingerprint density at radius 1 is 1.11 bits per heavy atom. The molecule has 2 amide bonds. The Kier molecular flexibility index (Phi) is 9.96. The predicted octanol–water partition coefficient (Wildman–Crippen LogP) is 4.25. The fraction of sp³-hybridized carbons (Fsp3) is 0.462. The number of ether oxygens (including phenoxy) is 1. The van der Waals surface area contributed by atoms with Gasteiger partial charge in [0.05, 0.1) is 19.1 Å². The number of anilines is 1. The van der Waals surface area contributed by atoms with Crippen molar-refractivity contribution in [2.45, 2.75) is 59.2 Å². The molecule has 8 nitrogen and oxygen atoms in total. The summed E-state index contributed by atoms with van der Waals surface area (Å²) in [5.41, 5.74) is 1.51. The van der Waals surface area contributed by atoms with Crippen LogP contribution in [0, 0.1) is 6.92 Å². The number of rotatable bonds is 10. The van der Waals surface area contributed by atoms with Gasteiger partial charge in [0.15, 0.2) is 0 Å². The van der Waals surface area contributed by atoms with E-state index < -0.39 is 34.1 Å². The van der Waals surface area contributed by atoms with E-state index in [1.54, 1.807) is 37.4 Å². The smallest absolute Gasteiger partial charge is 0.244 e. The summed E-state index contributed by atoms with van der Waals surface area (Å²) in [4.78, 5) is 28.4. The monoisotopic (exact) mass is 581 g/mol. The van der Waals surface area contributed by atoms with Crippen LogP contribution in [0.25, 0.3) is 0 Å². The molecule has 0 saturated heterocycles. The van der Waals surface area contributed by atoms with Crippen LogP contribution >= 0.6 is 15.9 Å². The highest BCUT2D eigenvalue weighted by molar-refractivity contribution is 9.10. The van der Waals surface area contributed by atoms with Gasteiger partial charge in [-0.25, -0.2) is 8.42 Å². The number of methoxy groups -OCH3 is 1. The van der Waals surface area contributed by atoms with E-state index >= 15 is 0 Å². The zero-order valence-electron chi connectivity index (χ0n) is 22.0. The molecule has 2 rings (SSSR count). The van der Waals surface area contributed by atoms with Crippen molar-refractivity contribution in [2.24, 2.45) is 0 Å². The van der Waals surface area contributed by atoms with Crippen molar-refractivity contribution in [1.82, 2.24) is 10.2 Å². The standard InChI is InChI=1S/C26H36BrN3O5S/c1-8-23(25(32)28-26(3,4)5)29(16-19-9-12-21(35-6)13-10-19)24(31)17-30(36(7,33)34)20-11-14-22(27)18(2)15-20/h9-15,23H,8,16-17H2,1-7H3,(H,28,32)/t23-/m0/s1. The number of carbonyl (C=O) groups is 2. The Morgan fingerprint density at radius 3 is 2.19 bits per heavy atom. The van der Waals surface area contributed by atoms with Gasteiger partial charge in [0.25, 0.3) is 0 Å². The van der Waals surface area contributed by atoms with Crippen molar-refractivity contribution in [3.63, 3.8) is 0 Å². The Labute approximate surface area is 223 Å². The number of hydrogen-bond donors (Lipinski definition) is 1. The number of sulfonamides is 1. The molecule has 0 radical (unpaired) electrons. The molecule has 1 N–H and O–H groups in total. The SMILES string of the molecule is CC[C@@H](C(=O)NC(C)(C)C)N(Cc1ccc(OC)cc1)C(=O)CN(c1ccc(Br)c(C)c1)S(C)(=O)=O. The Bertz CT molecular complexity index is 1180. The number of benzene rings is 2. The van der Waals surface area contributed by atoms with Gasteiger partial charge in [-0.05, 0) is 75.6 Å². The van der Waals surface area contributed by atoms with Crippen molar-refractivity contribution in [3.8, 4) is 5.75 Å². The second kappa shape index (κ2) is 12.1. The molecule has 0 bridgehead atoms. The fourth-order valence-electron chi connectivity index (χ4n) is 3.70. The van der Waals surface area contributed by atoms with Gasteiger partial charge in [-0.1, -0.05) is 35.0 Å². The Morgan fingerprint density at radius 2 is 1.72 bits per heavy atom. The van der Waals surface area contributed by atoms with Gasteiger partial charge in [0.2, 0.25) is 21.8 Å². The second-order valence-electron chi connectivity index (χ2n) is 9.74. The third-order valence-electron chi connectivity index (χ3n) is 5.50. The summed E-state index contributed by atoms with van der Waals surface area (Å²) in [7, 11) is -2.22. The van der Waals surface area contributed by atoms with Gasteiger partial charge in [-0.2, -0.15) is 0 Å². The van der Waals surface area contributed by atoms with E-state index in [0.29, 0.717) is 17.9 Å². The Balaban J connectivity index is 2.47. The predicted molar refractivity (Wildman–Crippen MR) is 147 cm³/mol. The molecular formula is C26H36BrN3O5S. The maximum atomic E-state index is 13.7. The summed E-state index contributed by atoms with van der Waals surface area (Å²) in [5.74, 6) is -0.104. The van der Waals surface area contributed by atoms with Gasteiger partial charge in [-0.3, -0.25) is 13.9 Å². The van der Waals surface area contributed by atoms with Gasteiger partial charge in [-0.15, -0.1) is 0 Å². The van der Waals surface area contributed by atoms with Crippen molar-refractivity contribution >= 4 is 43.5 Å². The average molecular weight is 583 g/mol. The fourth-order valence-corrected chi connectivity index (χ4v) is 4.79. The highest BCUT2D eigenvalue weighted by atomic mass is 79.9. The molecule has 0 fully saturated rings. The average Bonchev–Trinajstić information content (AvgIpc) is 2.77. The van der Waals surface area contributed by atoms with E-state index in [1.165, 1.54) is 4.90 Å². The quantitative estimate of drug-likeness (QED) is 0.452. The van der Waals surface area contributed by atoms with Gasteiger partial charge < -0.3 is 15.0 Å². The summed E-state index contributed by atoms with van der Waals surface area (Å²) >= 11 is 3.42. The minimum Gasteiger partial charge on any atom is -0.497 e. The first-order valence-electron chi connectivity index (χ1n) is 11.6. The maximum absolute atomic E-state index is 13.7. The van der Waals surface area contributed by atoms with Crippen molar-refractivity contribution < 1.29 is 22.7 Å². The van der Waals surface area contributed by atoms with E-state index in [1.807, 2.05) is 46.8 Å². The number of carbonyl (C=O) groups excluding carboxylic acids is 2. The highest BCUT2D eigenvalue weighted by Crippen LogP contribution is 2.25. The summed E-state index contributed by atoms with van der Waals surface area (Å²) in [6.07, 6.45) is 1.43. The van der Waals surface area contributed by atoms with Crippen LogP contribution in [-0.2, 0) is 26.2 Å². The molecule has 0 aliphatic rings. The molecule has 2 aromatic rings. The third-order valence-corrected chi connectivity index (χ3v) is 7.54.